The number of hydrogen-bond acceptors (Lipinski definition) is 8. The van der Waals surface area contributed by atoms with Gasteiger partial charge in [0.05, 0.1) is 19.8 Å². The summed E-state index contributed by atoms with van der Waals surface area (Å²) in [6, 6.07) is 6.94. The summed E-state index contributed by atoms with van der Waals surface area (Å²) >= 11 is 6.77. The molecule has 0 N–H and O–H groups in total. The predicted molar refractivity (Wildman–Crippen MR) is 80.3 cm³/mol. The number of benzene rings is 1. The lowest BCUT2D eigenvalue weighted by atomic mass is 10.2. The van der Waals surface area contributed by atoms with Gasteiger partial charge in [-0.15, -0.1) is 10.2 Å². The van der Waals surface area contributed by atoms with E-state index in [1.54, 1.807) is 0 Å². The molecule has 9 heteroatoms. The molecular weight excluding hydrogens is 326 g/mol. The molecule has 7 nitrogen and oxygen atoms in total. The Bertz CT molecular complexity index is 819. The number of azo groups is 1. The van der Waals surface area contributed by atoms with E-state index < -0.39 is 0 Å². The standard InChI is InChI=1S/C13H8ClN5O2S/c1-20-9-3-7(5-15)8(4-10(9)21-2)18-19-13-17-12(14)11(6-16)22-13/h3-4H,1-2H3. The second kappa shape index (κ2) is 6.85. The molecule has 22 heavy (non-hydrogen) atoms. The summed E-state index contributed by atoms with van der Waals surface area (Å²) in [7, 11) is 2.95. The zero-order valence-electron chi connectivity index (χ0n) is 11.5. The lowest BCUT2D eigenvalue weighted by Gasteiger charge is -2.08. The van der Waals surface area contributed by atoms with E-state index in [1.165, 1.54) is 26.4 Å². The molecule has 0 saturated carbocycles. The van der Waals surface area contributed by atoms with Crippen LogP contribution in [0.2, 0.25) is 5.15 Å². The van der Waals surface area contributed by atoms with Crippen LogP contribution in [0.25, 0.3) is 0 Å². The van der Waals surface area contributed by atoms with Crippen molar-refractivity contribution in [3.8, 4) is 23.6 Å². The fourth-order valence-corrected chi connectivity index (χ4v) is 2.40. The summed E-state index contributed by atoms with van der Waals surface area (Å²) in [5.41, 5.74) is 0.564. The van der Waals surface area contributed by atoms with Crippen molar-refractivity contribution in [2.24, 2.45) is 10.2 Å². The Kier molecular flexibility index (Phi) is 4.89. The highest BCUT2D eigenvalue weighted by molar-refractivity contribution is 7.16. The van der Waals surface area contributed by atoms with Crippen LogP contribution in [-0.2, 0) is 0 Å². The van der Waals surface area contributed by atoms with E-state index in [0.717, 1.165) is 11.3 Å². The number of rotatable bonds is 4. The number of thiazole rings is 1. The maximum absolute atomic E-state index is 9.16. The summed E-state index contributed by atoms with van der Waals surface area (Å²) in [5, 5.41) is 26.1. The summed E-state index contributed by atoms with van der Waals surface area (Å²) in [6.45, 7) is 0. The zero-order valence-corrected chi connectivity index (χ0v) is 13.1. The van der Waals surface area contributed by atoms with Crippen molar-refractivity contribution in [1.29, 1.82) is 10.5 Å². The van der Waals surface area contributed by atoms with E-state index in [1.807, 2.05) is 12.1 Å². The van der Waals surface area contributed by atoms with Crippen LogP contribution in [0.15, 0.2) is 22.4 Å². The van der Waals surface area contributed by atoms with Gasteiger partial charge in [-0.3, -0.25) is 0 Å². The van der Waals surface area contributed by atoms with Crippen LogP contribution in [-0.4, -0.2) is 19.2 Å². The van der Waals surface area contributed by atoms with Crippen LogP contribution < -0.4 is 9.47 Å². The number of aromatic nitrogens is 1. The monoisotopic (exact) mass is 333 g/mol. The van der Waals surface area contributed by atoms with Crippen LogP contribution >= 0.6 is 22.9 Å². The van der Waals surface area contributed by atoms with E-state index in [0.29, 0.717) is 17.2 Å². The summed E-state index contributed by atoms with van der Waals surface area (Å²) in [5.74, 6) is 0.840. The molecule has 0 aliphatic carbocycles. The third-order valence-electron chi connectivity index (χ3n) is 2.54. The number of methoxy groups -OCH3 is 2. The van der Waals surface area contributed by atoms with Gasteiger partial charge in [-0.2, -0.15) is 10.5 Å². The average Bonchev–Trinajstić information content (AvgIpc) is 2.91. The molecule has 0 spiro atoms. The topological polar surface area (TPSA) is 104 Å². The lowest BCUT2D eigenvalue weighted by Crippen LogP contribution is -1.91. The maximum atomic E-state index is 9.16. The number of halogens is 1. The largest absolute Gasteiger partial charge is 0.493 e. The van der Waals surface area contributed by atoms with Gasteiger partial charge in [-0.05, 0) is 0 Å². The molecule has 0 fully saturated rings. The summed E-state index contributed by atoms with van der Waals surface area (Å²) < 4.78 is 10.3. The van der Waals surface area contributed by atoms with Crippen molar-refractivity contribution in [2.45, 2.75) is 0 Å². The van der Waals surface area contributed by atoms with Gasteiger partial charge in [0.25, 0.3) is 0 Å². The van der Waals surface area contributed by atoms with Gasteiger partial charge in [0.1, 0.15) is 22.7 Å². The molecule has 0 atom stereocenters. The van der Waals surface area contributed by atoms with E-state index in [4.69, 9.17) is 31.6 Å². The van der Waals surface area contributed by atoms with E-state index in [9.17, 15) is 0 Å². The second-order valence-electron chi connectivity index (χ2n) is 3.76. The Morgan fingerprint density at radius 2 is 1.82 bits per heavy atom. The van der Waals surface area contributed by atoms with Crippen LogP contribution in [0.4, 0.5) is 10.8 Å². The van der Waals surface area contributed by atoms with Gasteiger partial charge in [0.15, 0.2) is 16.7 Å². The van der Waals surface area contributed by atoms with Crippen molar-refractivity contribution in [1.82, 2.24) is 4.98 Å². The maximum Gasteiger partial charge on any atom is 0.232 e. The fraction of sp³-hybridized carbons (Fsp3) is 0.154. The molecule has 1 aromatic heterocycles. The Morgan fingerprint density at radius 1 is 1.14 bits per heavy atom. The highest BCUT2D eigenvalue weighted by Crippen LogP contribution is 2.36. The molecule has 110 valence electrons. The Labute approximate surface area is 135 Å². The average molecular weight is 334 g/mol. The molecule has 2 rings (SSSR count). The molecule has 0 aliphatic heterocycles. The number of hydrogen-bond donors (Lipinski definition) is 0. The molecule has 2 aromatic rings. The van der Waals surface area contributed by atoms with Crippen LogP contribution in [0.5, 0.6) is 11.5 Å². The van der Waals surface area contributed by atoms with E-state index in [2.05, 4.69) is 15.2 Å². The second-order valence-corrected chi connectivity index (χ2v) is 5.10. The van der Waals surface area contributed by atoms with Crippen LogP contribution in [0, 0.1) is 22.7 Å². The van der Waals surface area contributed by atoms with Crippen molar-refractivity contribution in [3.05, 3.63) is 27.7 Å². The molecule has 0 radical (unpaired) electrons. The first-order chi connectivity index (χ1) is 10.6. The molecule has 0 saturated heterocycles. The minimum atomic E-state index is 0.0780. The molecule has 1 heterocycles. The number of nitriles is 2. The number of nitrogens with zero attached hydrogens (tertiary/aromatic N) is 5. The normalized spacial score (nSPS) is 10.2. The van der Waals surface area contributed by atoms with Crippen molar-refractivity contribution in [3.63, 3.8) is 0 Å². The highest BCUT2D eigenvalue weighted by atomic mass is 35.5. The Hall–Kier alpha value is -2.68. The molecule has 0 amide bonds. The van der Waals surface area contributed by atoms with E-state index in [-0.39, 0.29) is 20.7 Å². The molecule has 1 aromatic carbocycles. The van der Waals surface area contributed by atoms with Crippen LogP contribution in [0.3, 0.4) is 0 Å². The Morgan fingerprint density at radius 3 is 2.36 bits per heavy atom. The smallest absolute Gasteiger partial charge is 0.232 e. The third kappa shape index (κ3) is 3.14. The van der Waals surface area contributed by atoms with E-state index >= 15 is 0 Å². The lowest BCUT2D eigenvalue weighted by molar-refractivity contribution is 0.355. The minimum absolute atomic E-state index is 0.0780. The van der Waals surface area contributed by atoms with Crippen LogP contribution in [0.1, 0.15) is 10.4 Å². The first kappa shape index (κ1) is 15.7. The Balaban J connectivity index is 2.42. The van der Waals surface area contributed by atoms with Crippen molar-refractivity contribution >= 4 is 33.8 Å². The van der Waals surface area contributed by atoms with Gasteiger partial charge in [-0.1, -0.05) is 22.9 Å². The number of ether oxygens (including phenoxy) is 2. The third-order valence-corrected chi connectivity index (χ3v) is 3.77. The van der Waals surface area contributed by atoms with Gasteiger partial charge < -0.3 is 9.47 Å². The first-order valence-electron chi connectivity index (χ1n) is 5.77. The molecule has 0 aliphatic rings. The molecule has 0 bridgehead atoms. The summed E-state index contributed by atoms with van der Waals surface area (Å²) in [6.07, 6.45) is 0. The minimum Gasteiger partial charge on any atom is -0.493 e. The summed E-state index contributed by atoms with van der Waals surface area (Å²) in [4.78, 5) is 4.14. The van der Waals surface area contributed by atoms with Crippen molar-refractivity contribution in [2.75, 3.05) is 14.2 Å². The molecular formula is C13H8ClN5O2S. The zero-order chi connectivity index (χ0) is 16.1. The molecule has 0 unspecified atom stereocenters. The quantitative estimate of drug-likeness (QED) is 0.787. The van der Waals surface area contributed by atoms with Gasteiger partial charge >= 0.3 is 0 Å². The SMILES string of the molecule is COc1cc(C#N)c(N=Nc2nc(Cl)c(C#N)s2)cc1OC. The van der Waals surface area contributed by atoms with Crippen molar-refractivity contribution < 1.29 is 9.47 Å². The van der Waals surface area contributed by atoms with Gasteiger partial charge in [0, 0.05) is 12.1 Å². The van der Waals surface area contributed by atoms with Gasteiger partial charge in [0.2, 0.25) is 5.13 Å². The predicted octanol–water partition coefficient (Wildman–Crippen LogP) is 3.97. The highest BCUT2D eigenvalue weighted by Gasteiger charge is 2.12. The fourth-order valence-electron chi connectivity index (χ4n) is 1.54. The van der Waals surface area contributed by atoms with Gasteiger partial charge in [-0.25, -0.2) is 4.98 Å². The first-order valence-corrected chi connectivity index (χ1v) is 6.96.